The third kappa shape index (κ3) is 6.23. The van der Waals surface area contributed by atoms with Gasteiger partial charge in [0.1, 0.15) is 11.5 Å². The van der Waals surface area contributed by atoms with Crippen molar-refractivity contribution in [2.75, 3.05) is 52.1 Å². The van der Waals surface area contributed by atoms with Gasteiger partial charge < -0.3 is 24.0 Å². The van der Waals surface area contributed by atoms with Gasteiger partial charge in [0, 0.05) is 38.9 Å². The number of para-hydroxylation sites is 2. The Morgan fingerprint density at radius 1 is 0.919 bits per heavy atom. The van der Waals surface area contributed by atoms with Crippen LogP contribution in [0.4, 0.5) is 5.69 Å². The molecule has 196 valence electrons. The van der Waals surface area contributed by atoms with Gasteiger partial charge in [0.2, 0.25) is 0 Å². The van der Waals surface area contributed by atoms with E-state index in [2.05, 4.69) is 4.90 Å². The van der Waals surface area contributed by atoms with Gasteiger partial charge in [0.05, 0.1) is 23.4 Å². The highest BCUT2D eigenvalue weighted by atomic mass is 32.2. The Balaban J connectivity index is 1.46. The summed E-state index contributed by atoms with van der Waals surface area (Å²) in [5.41, 5.74) is 2.79. The number of nitrogens with zero attached hydrogens (tertiary/aromatic N) is 2. The lowest BCUT2D eigenvalue weighted by Gasteiger charge is -2.36. The summed E-state index contributed by atoms with van der Waals surface area (Å²) >= 11 is 0. The van der Waals surface area contributed by atoms with Crippen molar-refractivity contribution >= 4 is 21.4 Å². The van der Waals surface area contributed by atoms with Gasteiger partial charge in [-0.25, -0.2) is 8.42 Å². The van der Waals surface area contributed by atoms with Gasteiger partial charge in [-0.05, 0) is 54.4 Å². The standard InChI is InChI=1S/C28H32N2O6S/c1-21-8-13-24(37(32,33)19-22-9-11-23(12-10-22)36-20-34-2)18-25(21)28(31)30-16-14-29(15-17-30)26-6-4-5-7-27(26)35-3/h4-13,18H,14-17,19-20H2,1-3H3. The topological polar surface area (TPSA) is 85.4 Å². The lowest BCUT2D eigenvalue weighted by Crippen LogP contribution is -2.49. The molecule has 0 bridgehead atoms. The largest absolute Gasteiger partial charge is 0.495 e. The zero-order chi connectivity index (χ0) is 26.4. The van der Waals surface area contributed by atoms with Gasteiger partial charge in [-0.3, -0.25) is 4.79 Å². The first kappa shape index (κ1) is 26.5. The van der Waals surface area contributed by atoms with Crippen LogP contribution in [0.1, 0.15) is 21.5 Å². The molecular formula is C28H32N2O6S. The summed E-state index contributed by atoms with van der Waals surface area (Å²) in [6.07, 6.45) is 0. The van der Waals surface area contributed by atoms with Gasteiger partial charge >= 0.3 is 0 Å². The first-order chi connectivity index (χ1) is 17.8. The molecule has 1 fully saturated rings. The van der Waals surface area contributed by atoms with E-state index in [0.29, 0.717) is 43.1 Å². The van der Waals surface area contributed by atoms with Crippen LogP contribution < -0.4 is 14.4 Å². The number of hydrogen-bond donors (Lipinski definition) is 0. The van der Waals surface area contributed by atoms with Crippen LogP contribution in [-0.2, 0) is 20.3 Å². The summed E-state index contributed by atoms with van der Waals surface area (Å²) in [6, 6.07) is 19.4. The van der Waals surface area contributed by atoms with Gasteiger partial charge in [-0.2, -0.15) is 0 Å². The molecule has 0 aliphatic carbocycles. The van der Waals surface area contributed by atoms with Crippen molar-refractivity contribution in [2.24, 2.45) is 0 Å². The Hall–Kier alpha value is -3.56. The van der Waals surface area contributed by atoms with E-state index in [0.717, 1.165) is 17.0 Å². The molecule has 0 N–H and O–H groups in total. The fourth-order valence-electron chi connectivity index (χ4n) is 4.35. The average Bonchev–Trinajstić information content (AvgIpc) is 2.92. The SMILES string of the molecule is COCOc1ccc(CS(=O)(=O)c2ccc(C)c(C(=O)N3CCN(c4ccccc4OC)CC3)c2)cc1. The molecule has 37 heavy (non-hydrogen) atoms. The van der Waals surface area contributed by atoms with E-state index in [-0.39, 0.29) is 23.3 Å². The molecule has 0 saturated carbocycles. The maximum Gasteiger partial charge on any atom is 0.254 e. The molecule has 0 spiro atoms. The van der Waals surface area contributed by atoms with Crippen molar-refractivity contribution in [3.63, 3.8) is 0 Å². The van der Waals surface area contributed by atoms with Crippen molar-refractivity contribution in [3.05, 3.63) is 83.4 Å². The van der Waals surface area contributed by atoms with Crippen molar-refractivity contribution in [3.8, 4) is 11.5 Å². The normalized spacial score (nSPS) is 13.9. The Labute approximate surface area is 218 Å². The smallest absolute Gasteiger partial charge is 0.254 e. The van der Waals surface area contributed by atoms with Crippen LogP contribution in [-0.4, -0.2) is 66.4 Å². The molecule has 0 radical (unpaired) electrons. The minimum absolute atomic E-state index is 0.118. The van der Waals surface area contributed by atoms with Gasteiger partial charge in [0.15, 0.2) is 16.6 Å². The van der Waals surface area contributed by atoms with E-state index < -0.39 is 9.84 Å². The number of carbonyl (C=O) groups excluding carboxylic acids is 1. The van der Waals surface area contributed by atoms with Crippen LogP contribution in [0.5, 0.6) is 11.5 Å². The predicted molar refractivity (Wildman–Crippen MR) is 142 cm³/mol. The third-order valence-corrected chi connectivity index (χ3v) is 8.10. The lowest BCUT2D eigenvalue weighted by atomic mass is 10.1. The Morgan fingerprint density at radius 3 is 2.30 bits per heavy atom. The second kappa shape index (κ2) is 11.7. The molecule has 1 saturated heterocycles. The second-order valence-electron chi connectivity index (χ2n) is 8.88. The van der Waals surface area contributed by atoms with Gasteiger partial charge in [-0.1, -0.05) is 30.3 Å². The summed E-state index contributed by atoms with van der Waals surface area (Å²) in [7, 11) is -0.478. The molecule has 9 heteroatoms. The fourth-order valence-corrected chi connectivity index (χ4v) is 5.72. The third-order valence-electron chi connectivity index (χ3n) is 6.41. The number of benzene rings is 3. The Kier molecular flexibility index (Phi) is 8.35. The monoisotopic (exact) mass is 524 g/mol. The Bertz CT molecular complexity index is 1330. The minimum Gasteiger partial charge on any atom is -0.495 e. The highest BCUT2D eigenvalue weighted by molar-refractivity contribution is 7.90. The molecule has 1 aliphatic heterocycles. The molecule has 4 rings (SSSR count). The molecular weight excluding hydrogens is 492 g/mol. The second-order valence-corrected chi connectivity index (χ2v) is 10.9. The highest BCUT2D eigenvalue weighted by Crippen LogP contribution is 2.29. The summed E-state index contributed by atoms with van der Waals surface area (Å²) in [4.78, 5) is 17.5. The predicted octanol–water partition coefficient (Wildman–Crippen LogP) is 3.92. The Morgan fingerprint density at radius 2 is 1.62 bits per heavy atom. The molecule has 0 atom stereocenters. The molecule has 1 aliphatic rings. The zero-order valence-corrected chi connectivity index (χ0v) is 22.2. The van der Waals surface area contributed by atoms with Crippen molar-refractivity contribution in [2.45, 2.75) is 17.6 Å². The summed E-state index contributed by atoms with van der Waals surface area (Å²) in [5.74, 6) is 1.06. The van der Waals surface area contributed by atoms with Crippen molar-refractivity contribution < 1.29 is 27.4 Å². The van der Waals surface area contributed by atoms with Crippen LogP contribution in [0.15, 0.2) is 71.6 Å². The number of sulfone groups is 1. The summed E-state index contributed by atoms with van der Waals surface area (Å²) in [6.45, 7) is 4.33. The first-order valence-electron chi connectivity index (χ1n) is 12.0. The molecule has 8 nitrogen and oxygen atoms in total. The average molecular weight is 525 g/mol. The van der Waals surface area contributed by atoms with Crippen LogP contribution in [0.3, 0.4) is 0 Å². The fraction of sp³-hybridized carbons (Fsp3) is 0.321. The molecule has 3 aromatic carbocycles. The maximum absolute atomic E-state index is 13.4. The zero-order valence-electron chi connectivity index (χ0n) is 21.3. The van der Waals surface area contributed by atoms with Crippen LogP contribution in [0.2, 0.25) is 0 Å². The highest BCUT2D eigenvalue weighted by Gasteiger charge is 2.26. The van der Waals surface area contributed by atoms with Gasteiger partial charge in [-0.15, -0.1) is 0 Å². The molecule has 0 unspecified atom stereocenters. The number of hydrogen-bond acceptors (Lipinski definition) is 7. The number of methoxy groups -OCH3 is 2. The minimum atomic E-state index is -3.66. The first-order valence-corrected chi connectivity index (χ1v) is 13.7. The molecule has 0 aromatic heterocycles. The molecule has 3 aromatic rings. The van der Waals surface area contributed by atoms with E-state index in [1.54, 1.807) is 48.4 Å². The summed E-state index contributed by atoms with van der Waals surface area (Å²) < 4.78 is 42.1. The van der Waals surface area contributed by atoms with Crippen molar-refractivity contribution in [1.82, 2.24) is 4.90 Å². The number of rotatable bonds is 9. The van der Waals surface area contributed by atoms with E-state index in [1.807, 2.05) is 31.2 Å². The number of carbonyl (C=O) groups is 1. The quantitative estimate of drug-likeness (QED) is 0.392. The lowest BCUT2D eigenvalue weighted by molar-refractivity contribution is 0.0511. The van der Waals surface area contributed by atoms with E-state index in [9.17, 15) is 13.2 Å². The van der Waals surface area contributed by atoms with E-state index in [4.69, 9.17) is 14.2 Å². The van der Waals surface area contributed by atoms with Gasteiger partial charge in [0.25, 0.3) is 5.91 Å². The van der Waals surface area contributed by atoms with Crippen LogP contribution in [0, 0.1) is 6.92 Å². The summed E-state index contributed by atoms with van der Waals surface area (Å²) in [5, 5.41) is 0. The number of ether oxygens (including phenoxy) is 3. The van der Waals surface area contributed by atoms with Crippen LogP contribution >= 0.6 is 0 Å². The number of anilines is 1. The molecule has 1 heterocycles. The van der Waals surface area contributed by atoms with E-state index in [1.165, 1.54) is 13.2 Å². The molecule has 1 amide bonds. The van der Waals surface area contributed by atoms with E-state index >= 15 is 0 Å². The van der Waals surface area contributed by atoms with Crippen molar-refractivity contribution in [1.29, 1.82) is 0 Å². The number of aryl methyl sites for hydroxylation is 1. The maximum atomic E-state index is 13.4. The number of piperazine rings is 1. The van der Waals surface area contributed by atoms with Crippen LogP contribution in [0.25, 0.3) is 0 Å². The number of amides is 1.